The summed E-state index contributed by atoms with van der Waals surface area (Å²) in [7, 11) is -3.27. The number of carbonyl (C=O) groups excluding carboxylic acids is 1. The second-order valence-electron chi connectivity index (χ2n) is 13.7. The van der Waals surface area contributed by atoms with Crippen LogP contribution in [0.4, 0.5) is 13.2 Å². The highest BCUT2D eigenvalue weighted by Crippen LogP contribution is 2.74. The number of carbonyl (C=O) groups is 1. The molecule has 0 saturated carbocycles. The lowest BCUT2D eigenvalue weighted by Gasteiger charge is -2.46. The third-order valence-corrected chi connectivity index (χ3v) is 11.7. The number of hydrogen-bond donors (Lipinski definition) is 0. The molecule has 3 aromatic rings. The van der Waals surface area contributed by atoms with Crippen LogP contribution in [0.15, 0.2) is 69.3 Å². The quantitative estimate of drug-likeness (QED) is 0.223. The molecule has 0 aliphatic rings. The zero-order valence-electron chi connectivity index (χ0n) is 28.5. The van der Waals surface area contributed by atoms with Crippen molar-refractivity contribution in [3.05, 3.63) is 88.0 Å². The molecule has 242 valence electrons. The zero-order chi connectivity index (χ0) is 33.3. The predicted octanol–water partition coefficient (Wildman–Crippen LogP) is 12.7. The molecule has 0 atom stereocenters. The van der Waals surface area contributed by atoms with E-state index in [0.29, 0.717) is 4.90 Å². The number of halogens is 3. The molecule has 0 aromatic heterocycles. The predicted molar refractivity (Wildman–Crippen MR) is 178 cm³/mol. The van der Waals surface area contributed by atoms with E-state index in [1.807, 2.05) is 30.3 Å². The summed E-state index contributed by atoms with van der Waals surface area (Å²) in [6.45, 7) is 25.1. The van der Waals surface area contributed by atoms with E-state index in [1.165, 1.54) is 0 Å². The van der Waals surface area contributed by atoms with Crippen LogP contribution in [0.1, 0.15) is 152 Å². The van der Waals surface area contributed by atoms with E-state index in [0.717, 1.165) is 43.2 Å². The summed E-state index contributed by atoms with van der Waals surface area (Å²) in [4.78, 5) is 15.4. The largest absolute Gasteiger partial charge is 0.491 e. The summed E-state index contributed by atoms with van der Waals surface area (Å²) < 4.78 is 49.6. The van der Waals surface area contributed by atoms with Gasteiger partial charge < -0.3 is 4.18 Å². The van der Waals surface area contributed by atoms with Gasteiger partial charge in [-0.25, -0.2) is 4.79 Å². The summed E-state index contributed by atoms with van der Waals surface area (Å²) in [6, 6.07) is 17.7. The van der Waals surface area contributed by atoms with Crippen molar-refractivity contribution in [2.24, 2.45) is 0 Å². The molecule has 0 aliphatic heterocycles. The minimum absolute atomic E-state index is 0.0405. The molecule has 0 radical (unpaired) electrons. The minimum atomic E-state index is -5.17. The molecule has 0 saturated heterocycles. The van der Waals surface area contributed by atoms with Gasteiger partial charge in [0.25, 0.3) is 0 Å². The maximum atomic E-state index is 14.4. The van der Waals surface area contributed by atoms with E-state index in [-0.39, 0.29) is 35.5 Å². The topological polar surface area (TPSA) is 26.3 Å². The fourth-order valence-electron chi connectivity index (χ4n) is 5.69. The number of alkyl halides is 3. The third-order valence-electron chi connectivity index (χ3n) is 8.24. The van der Waals surface area contributed by atoms with Crippen molar-refractivity contribution in [3.63, 3.8) is 0 Å². The van der Waals surface area contributed by atoms with Crippen LogP contribution in [-0.2, 0) is 8.98 Å². The Labute approximate surface area is 265 Å². The molecular formula is C38H51F3O2S. The highest BCUT2D eigenvalue weighted by molar-refractivity contribution is 8.30. The Balaban J connectivity index is 2.85. The summed E-state index contributed by atoms with van der Waals surface area (Å²) >= 11 is 0. The lowest BCUT2D eigenvalue weighted by atomic mass is 9.89. The highest BCUT2D eigenvalue weighted by Gasteiger charge is 2.50. The van der Waals surface area contributed by atoms with Crippen LogP contribution in [0.25, 0.3) is 0 Å². The van der Waals surface area contributed by atoms with Crippen molar-refractivity contribution in [2.45, 2.75) is 139 Å². The number of benzene rings is 3. The molecule has 3 aromatic carbocycles. The van der Waals surface area contributed by atoms with Crippen molar-refractivity contribution in [1.29, 1.82) is 0 Å². The van der Waals surface area contributed by atoms with Gasteiger partial charge in [-0.05, 0) is 91.3 Å². The Morgan fingerprint density at radius 3 is 1.14 bits per heavy atom. The molecule has 2 nitrogen and oxygen atoms in total. The molecule has 0 heterocycles. The molecule has 44 heavy (non-hydrogen) atoms. The molecule has 0 amide bonds. The lowest BCUT2D eigenvalue weighted by Crippen LogP contribution is -2.29. The third kappa shape index (κ3) is 7.06. The van der Waals surface area contributed by atoms with E-state index in [4.69, 9.17) is 4.18 Å². The zero-order valence-corrected chi connectivity index (χ0v) is 29.3. The van der Waals surface area contributed by atoms with E-state index >= 15 is 0 Å². The van der Waals surface area contributed by atoms with Gasteiger partial charge in [0.2, 0.25) is 0 Å². The van der Waals surface area contributed by atoms with Crippen molar-refractivity contribution >= 4 is 16.3 Å². The van der Waals surface area contributed by atoms with Gasteiger partial charge in [-0.3, -0.25) is 0 Å². The SMILES string of the molecule is CC(C)c1cc(C(C)C)c(S(OC(=O)C(F)(F)F)(c2ccccc2)c2c(C(C)C)cc(C(C)C)cc2C(C)C)c(C(C)C)c1. The van der Waals surface area contributed by atoms with Crippen LogP contribution < -0.4 is 0 Å². The van der Waals surface area contributed by atoms with Crippen molar-refractivity contribution in [1.82, 2.24) is 0 Å². The second kappa shape index (κ2) is 13.7. The first-order chi connectivity index (χ1) is 20.3. The second-order valence-corrected chi connectivity index (χ2v) is 16.3. The van der Waals surface area contributed by atoms with Gasteiger partial charge in [-0.2, -0.15) is 13.2 Å². The average molecular weight is 629 g/mol. The minimum Gasteiger partial charge on any atom is -0.395 e. The van der Waals surface area contributed by atoms with Gasteiger partial charge >= 0.3 is 12.1 Å². The van der Waals surface area contributed by atoms with Gasteiger partial charge in [0.05, 0.1) is 0 Å². The average Bonchev–Trinajstić information content (AvgIpc) is 2.94. The first-order valence-electron chi connectivity index (χ1n) is 15.9. The van der Waals surface area contributed by atoms with Crippen LogP contribution in [-0.4, -0.2) is 12.1 Å². The summed E-state index contributed by atoms with van der Waals surface area (Å²) in [5, 5.41) is 0. The smallest absolute Gasteiger partial charge is 0.395 e. The lowest BCUT2D eigenvalue weighted by molar-refractivity contribution is -0.188. The molecule has 6 heteroatoms. The van der Waals surface area contributed by atoms with Crippen LogP contribution in [0.2, 0.25) is 0 Å². The fraction of sp³-hybridized carbons (Fsp3) is 0.500. The number of hydrogen-bond acceptors (Lipinski definition) is 2. The van der Waals surface area contributed by atoms with Gasteiger partial charge in [0.1, 0.15) is 0 Å². The molecule has 0 N–H and O–H groups in total. The Morgan fingerprint density at radius 1 is 0.568 bits per heavy atom. The Kier molecular flexibility index (Phi) is 11.1. The van der Waals surface area contributed by atoms with Gasteiger partial charge in [0, 0.05) is 14.7 Å². The van der Waals surface area contributed by atoms with Crippen molar-refractivity contribution in [3.8, 4) is 0 Å². The molecule has 0 unspecified atom stereocenters. The number of rotatable bonds is 10. The van der Waals surface area contributed by atoms with Gasteiger partial charge in [-0.1, -0.05) is 126 Å². The summed E-state index contributed by atoms with van der Waals surface area (Å²) in [6.07, 6.45) is -5.17. The molecule has 0 fully saturated rings. The highest BCUT2D eigenvalue weighted by atomic mass is 32.3. The fourth-order valence-corrected chi connectivity index (χ4v) is 9.99. The first-order valence-corrected chi connectivity index (χ1v) is 17.4. The van der Waals surface area contributed by atoms with Crippen LogP contribution in [0, 0.1) is 0 Å². The Bertz CT molecular complexity index is 1320. The maximum absolute atomic E-state index is 14.4. The molecular weight excluding hydrogens is 577 g/mol. The Morgan fingerprint density at radius 2 is 0.886 bits per heavy atom. The first kappa shape index (κ1) is 35.7. The molecule has 0 aliphatic carbocycles. The van der Waals surface area contributed by atoms with E-state index in [2.05, 4.69) is 107 Å². The molecule has 3 rings (SSSR count). The van der Waals surface area contributed by atoms with Crippen LogP contribution >= 0.6 is 10.3 Å². The van der Waals surface area contributed by atoms with E-state index in [1.54, 1.807) is 0 Å². The maximum Gasteiger partial charge on any atom is 0.491 e. The Hall–Kier alpha value is -2.73. The molecule has 0 bridgehead atoms. The van der Waals surface area contributed by atoms with E-state index in [9.17, 15) is 18.0 Å². The standard InChI is InChI=1S/C38H51F3O2S/c1-22(2)28-18-31(24(5)6)35(32(19-28)25(7)8)44(30-16-14-13-15-17-30,43-37(42)38(39,40)41)36-33(26(9)10)20-29(23(3)4)21-34(36)27(11)12/h13-27H,1-12H3. The van der Waals surface area contributed by atoms with Crippen LogP contribution in [0.5, 0.6) is 0 Å². The normalized spacial score (nSPS) is 13.2. The van der Waals surface area contributed by atoms with Crippen LogP contribution in [0.3, 0.4) is 0 Å². The van der Waals surface area contributed by atoms with Crippen molar-refractivity contribution in [2.75, 3.05) is 0 Å². The van der Waals surface area contributed by atoms with Crippen molar-refractivity contribution < 1.29 is 22.1 Å². The molecule has 0 spiro atoms. The summed E-state index contributed by atoms with van der Waals surface area (Å²) in [5.41, 5.74) is 5.93. The van der Waals surface area contributed by atoms with Gasteiger partial charge in [-0.15, -0.1) is 0 Å². The van der Waals surface area contributed by atoms with E-state index < -0.39 is 22.5 Å². The monoisotopic (exact) mass is 628 g/mol. The van der Waals surface area contributed by atoms with Gasteiger partial charge in [0.15, 0.2) is 0 Å². The summed E-state index contributed by atoms with van der Waals surface area (Å²) in [5.74, 6) is -1.90.